The van der Waals surface area contributed by atoms with Crippen molar-refractivity contribution in [3.05, 3.63) is 29.8 Å². The molecule has 0 bridgehead atoms. The summed E-state index contributed by atoms with van der Waals surface area (Å²) in [4.78, 5) is 12.1. The lowest BCUT2D eigenvalue weighted by Crippen LogP contribution is -2.47. The first-order valence-corrected chi connectivity index (χ1v) is 7.54. The van der Waals surface area contributed by atoms with Gasteiger partial charge in [-0.25, -0.2) is 8.78 Å². The van der Waals surface area contributed by atoms with Crippen LogP contribution < -0.4 is 10.1 Å². The standard InChI is InChI=1S/C16H21F2NO3/c1-10(22-12-6-7-13(17)14(18)8-12)16(21)19-15-5-3-2-4-11(15)9-20/h6-8,10-11,15,20H,2-5,9H2,1H3,(H,19,21). The molecule has 0 saturated heterocycles. The summed E-state index contributed by atoms with van der Waals surface area (Å²) in [5, 5.41) is 12.2. The molecule has 0 aliphatic heterocycles. The van der Waals surface area contributed by atoms with Gasteiger partial charge >= 0.3 is 0 Å². The quantitative estimate of drug-likeness (QED) is 0.877. The molecular weight excluding hydrogens is 292 g/mol. The van der Waals surface area contributed by atoms with Crippen LogP contribution in [0.4, 0.5) is 8.78 Å². The summed E-state index contributed by atoms with van der Waals surface area (Å²) in [6.07, 6.45) is 2.96. The van der Waals surface area contributed by atoms with Crippen molar-refractivity contribution in [3.63, 3.8) is 0 Å². The Hall–Kier alpha value is -1.69. The van der Waals surface area contributed by atoms with Crippen molar-refractivity contribution < 1.29 is 23.4 Å². The Morgan fingerprint density at radius 1 is 1.36 bits per heavy atom. The van der Waals surface area contributed by atoms with Crippen LogP contribution in [0.15, 0.2) is 18.2 Å². The third-order valence-corrected chi connectivity index (χ3v) is 4.04. The lowest BCUT2D eigenvalue weighted by atomic mass is 9.85. The number of ether oxygens (including phenoxy) is 1. The number of aliphatic hydroxyl groups excluding tert-OH is 1. The fourth-order valence-corrected chi connectivity index (χ4v) is 2.72. The Morgan fingerprint density at radius 3 is 2.77 bits per heavy atom. The van der Waals surface area contributed by atoms with Crippen LogP contribution in [0.2, 0.25) is 0 Å². The molecule has 1 amide bonds. The summed E-state index contributed by atoms with van der Waals surface area (Å²) in [5.74, 6) is -2.14. The molecule has 0 radical (unpaired) electrons. The van der Waals surface area contributed by atoms with E-state index in [1.54, 1.807) is 6.92 Å². The molecule has 1 saturated carbocycles. The van der Waals surface area contributed by atoms with E-state index >= 15 is 0 Å². The molecule has 1 aromatic rings. The van der Waals surface area contributed by atoms with Crippen LogP contribution >= 0.6 is 0 Å². The van der Waals surface area contributed by atoms with E-state index in [0.29, 0.717) is 0 Å². The van der Waals surface area contributed by atoms with Crippen LogP contribution in [0, 0.1) is 17.6 Å². The van der Waals surface area contributed by atoms with Gasteiger partial charge in [0, 0.05) is 24.6 Å². The van der Waals surface area contributed by atoms with Crippen LogP contribution in [0.5, 0.6) is 5.75 Å². The highest BCUT2D eigenvalue weighted by atomic mass is 19.2. The zero-order chi connectivity index (χ0) is 16.1. The number of aliphatic hydroxyl groups is 1. The van der Waals surface area contributed by atoms with E-state index in [-0.39, 0.29) is 30.2 Å². The highest BCUT2D eigenvalue weighted by Crippen LogP contribution is 2.24. The van der Waals surface area contributed by atoms with Crippen LogP contribution in [0.3, 0.4) is 0 Å². The molecule has 1 aliphatic carbocycles. The van der Waals surface area contributed by atoms with Crippen molar-refractivity contribution in [2.24, 2.45) is 5.92 Å². The van der Waals surface area contributed by atoms with E-state index in [1.165, 1.54) is 6.07 Å². The van der Waals surface area contributed by atoms with Gasteiger partial charge in [0.15, 0.2) is 17.7 Å². The van der Waals surface area contributed by atoms with Gasteiger partial charge in [0.1, 0.15) is 5.75 Å². The Bertz CT molecular complexity index is 524. The number of carbonyl (C=O) groups is 1. The molecule has 4 nitrogen and oxygen atoms in total. The lowest BCUT2D eigenvalue weighted by molar-refractivity contribution is -0.128. The first kappa shape index (κ1) is 16.7. The van der Waals surface area contributed by atoms with Crippen molar-refractivity contribution in [1.82, 2.24) is 5.32 Å². The molecule has 6 heteroatoms. The van der Waals surface area contributed by atoms with Gasteiger partial charge in [-0.2, -0.15) is 0 Å². The molecule has 3 atom stereocenters. The maximum Gasteiger partial charge on any atom is 0.261 e. The summed E-state index contributed by atoms with van der Waals surface area (Å²) in [6.45, 7) is 1.59. The minimum atomic E-state index is -1.02. The molecule has 0 spiro atoms. The summed E-state index contributed by atoms with van der Waals surface area (Å²) in [7, 11) is 0. The number of hydrogen-bond donors (Lipinski definition) is 2. The maximum atomic E-state index is 13.1. The molecule has 2 N–H and O–H groups in total. The van der Waals surface area contributed by atoms with Crippen molar-refractivity contribution in [2.75, 3.05) is 6.61 Å². The van der Waals surface area contributed by atoms with Gasteiger partial charge in [0.2, 0.25) is 0 Å². The minimum Gasteiger partial charge on any atom is -0.481 e. The maximum absolute atomic E-state index is 13.1. The second-order valence-electron chi connectivity index (χ2n) is 5.68. The smallest absolute Gasteiger partial charge is 0.261 e. The molecule has 1 aromatic carbocycles. The average Bonchev–Trinajstić information content (AvgIpc) is 2.51. The Labute approximate surface area is 128 Å². The van der Waals surface area contributed by atoms with Crippen molar-refractivity contribution in [3.8, 4) is 5.75 Å². The number of halogens is 2. The normalized spacial score (nSPS) is 22.9. The van der Waals surface area contributed by atoms with E-state index in [2.05, 4.69) is 5.32 Å². The number of rotatable bonds is 5. The molecular formula is C16H21F2NO3. The zero-order valence-corrected chi connectivity index (χ0v) is 12.5. The fourth-order valence-electron chi connectivity index (χ4n) is 2.72. The minimum absolute atomic E-state index is 0.0450. The van der Waals surface area contributed by atoms with Crippen molar-refractivity contribution in [1.29, 1.82) is 0 Å². The second-order valence-corrected chi connectivity index (χ2v) is 5.68. The summed E-state index contributed by atoms with van der Waals surface area (Å²) in [6, 6.07) is 3.08. The molecule has 1 aliphatic rings. The van der Waals surface area contributed by atoms with Crippen LogP contribution in [-0.2, 0) is 4.79 Å². The van der Waals surface area contributed by atoms with Gasteiger partial charge in [-0.05, 0) is 31.9 Å². The largest absolute Gasteiger partial charge is 0.481 e. The first-order valence-electron chi connectivity index (χ1n) is 7.54. The van der Waals surface area contributed by atoms with Gasteiger partial charge in [0.25, 0.3) is 5.91 Å². The van der Waals surface area contributed by atoms with Crippen molar-refractivity contribution in [2.45, 2.75) is 44.8 Å². The number of nitrogens with one attached hydrogen (secondary N) is 1. The third-order valence-electron chi connectivity index (χ3n) is 4.04. The van der Waals surface area contributed by atoms with Crippen LogP contribution in [0.25, 0.3) is 0 Å². The predicted molar refractivity (Wildman–Crippen MR) is 77.4 cm³/mol. The number of benzene rings is 1. The monoisotopic (exact) mass is 313 g/mol. The van der Waals surface area contributed by atoms with Crippen molar-refractivity contribution >= 4 is 5.91 Å². The molecule has 122 valence electrons. The number of carbonyl (C=O) groups excluding carboxylic acids is 1. The average molecular weight is 313 g/mol. The topological polar surface area (TPSA) is 58.6 Å². The van der Waals surface area contributed by atoms with E-state index < -0.39 is 17.7 Å². The third kappa shape index (κ3) is 4.16. The zero-order valence-electron chi connectivity index (χ0n) is 12.5. The predicted octanol–water partition coefficient (Wildman–Crippen LogP) is 2.40. The Morgan fingerprint density at radius 2 is 2.09 bits per heavy atom. The van der Waals surface area contributed by atoms with Crippen LogP contribution in [-0.4, -0.2) is 29.8 Å². The summed E-state index contributed by atoms with van der Waals surface area (Å²) < 4.78 is 31.3. The Kier molecular flexibility index (Phi) is 5.71. The van der Waals surface area contributed by atoms with E-state index in [4.69, 9.17) is 4.74 Å². The van der Waals surface area contributed by atoms with E-state index in [0.717, 1.165) is 37.8 Å². The lowest BCUT2D eigenvalue weighted by Gasteiger charge is -2.31. The van der Waals surface area contributed by atoms with Gasteiger partial charge in [-0.15, -0.1) is 0 Å². The molecule has 3 unspecified atom stereocenters. The fraction of sp³-hybridized carbons (Fsp3) is 0.562. The van der Waals surface area contributed by atoms with Gasteiger partial charge in [0.05, 0.1) is 0 Å². The molecule has 2 rings (SSSR count). The highest BCUT2D eigenvalue weighted by molar-refractivity contribution is 5.81. The molecule has 1 fully saturated rings. The van der Waals surface area contributed by atoms with Gasteiger partial charge < -0.3 is 15.2 Å². The van der Waals surface area contributed by atoms with E-state index in [9.17, 15) is 18.7 Å². The summed E-state index contributed by atoms with van der Waals surface area (Å²) >= 11 is 0. The molecule has 22 heavy (non-hydrogen) atoms. The Balaban J connectivity index is 1.92. The second kappa shape index (κ2) is 7.54. The highest BCUT2D eigenvalue weighted by Gasteiger charge is 2.27. The number of amides is 1. The van der Waals surface area contributed by atoms with Gasteiger partial charge in [-0.1, -0.05) is 12.8 Å². The molecule has 0 aromatic heterocycles. The van der Waals surface area contributed by atoms with E-state index in [1.807, 2.05) is 0 Å². The number of hydrogen-bond acceptors (Lipinski definition) is 3. The van der Waals surface area contributed by atoms with Gasteiger partial charge in [-0.3, -0.25) is 4.79 Å². The SMILES string of the molecule is CC(Oc1ccc(F)c(F)c1)C(=O)NC1CCCCC1CO. The summed E-state index contributed by atoms with van der Waals surface area (Å²) in [5.41, 5.74) is 0. The van der Waals surface area contributed by atoms with Crippen LogP contribution in [0.1, 0.15) is 32.6 Å². The first-order chi connectivity index (χ1) is 10.5. The molecule has 0 heterocycles.